The Morgan fingerprint density at radius 2 is 2.16 bits per heavy atom. The average molecular weight is 437 g/mol. The van der Waals surface area contributed by atoms with Crippen molar-refractivity contribution in [2.45, 2.75) is 6.54 Å². The van der Waals surface area contributed by atoms with Gasteiger partial charge in [0.05, 0.1) is 17.3 Å². The Balaban J connectivity index is 2.08. The largest absolute Gasteiger partial charge is 0.497 e. The van der Waals surface area contributed by atoms with E-state index >= 15 is 0 Å². The fourth-order valence-corrected chi connectivity index (χ4v) is 4.41. The highest BCUT2D eigenvalue weighted by molar-refractivity contribution is 9.10. The number of aromatic nitrogens is 1. The van der Waals surface area contributed by atoms with Crippen molar-refractivity contribution in [1.29, 1.82) is 0 Å². The number of hydrogen-bond acceptors (Lipinski definition) is 4. The van der Waals surface area contributed by atoms with Crippen molar-refractivity contribution in [2.75, 3.05) is 19.1 Å². The van der Waals surface area contributed by atoms with E-state index in [1.54, 1.807) is 37.1 Å². The second-order valence-corrected chi connectivity index (χ2v) is 8.20. The number of carbonyl (C=O) groups excluding carboxylic acids is 1. The summed E-state index contributed by atoms with van der Waals surface area (Å²) in [5.74, 6) is 1.35. The molecule has 25 heavy (non-hydrogen) atoms. The van der Waals surface area contributed by atoms with Crippen molar-refractivity contribution in [2.24, 2.45) is 4.99 Å². The molecular formula is C18H17BrN2O2S2. The first-order chi connectivity index (χ1) is 12.1. The SMILES string of the molecule is COc1cccc(C(=O)N=c2sc3cc(Br)ccc3n2CCSC)c1. The number of ether oxygens (including phenoxy) is 1. The van der Waals surface area contributed by atoms with Gasteiger partial charge in [-0.05, 0) is 42.7 Å². The molecule has 0 unspecified atom stereocenters. The Bertz CT molecular complexity index is 979. The zero-order valence-corrected chi connectivity index (χ0v) is 17.1. The molecule has 0 spiro atoms. The molecule has 2 aromatic carbocycles. The van der Waals surface area contributed by atoms with E-state index in [1.807, 2.05) is 12.1 Å². The zero-order chi connectivity index (χ0) is 17.8. The number of hydrogen-bond donors (Lipinski definition) is 0. The standard InChI is InChI=1S/C18H17BrN2O2S2/c1-23-14-5-3-4-12(10-14)17(22)20-18-21(8-9-24-2)15-7-6-13(19)11-16(15)25-18/h3-7,10-11H,8-9H2,1-2H3. The highest BCUT2D eigenvalue weighted by Crippen LogP contribution is 2.22. The molecule has 1 amide bonds. The Morgan fingerprint density at radius 1 is 1.32 bits per heavy atom. The molecule has 3 rings (SSSR count). The first-order valence-corrected chi connectivity index (χ1v) is 10.6. The number of aryl methyl sites for hydroxylation is 1. The molecule has 0 bridgehead atoms. The quantitative estimate of drug-likeness (QED) is 0.587. The van der Waals surface area contributed by atoms with Crippen molar-refractivity contribution in [3.63, 3.8) is 0 Å². The van der Waals surface area contributed by atoms with Gasteiger partial charge in [-0.25, -0.2) is 0 Å². The lowest BCUT2D eigenvalue weighted by Gasteiger charge is -2.04. The van der Waals surface area contributed by atoms with Gasteiger partial charge in [-0.15, -0.1) is 0 Å². The Labute approximate surface area is 162 Å². The molecule has 0 N–H and O–H groups in total. The van der Waals surface area contributed by atoms with E-state index in [9.17, 15) is 4.79 Å². The van der Waals surface area contributed by atoms with E-state index in [1.165, 1.54) is 11.3 Å². The third-order valence-corrected chi connectivity index (χ3v) is 5.80. The summed E-state index contributed by atoms with van der Waals surface area (Å²) in [6.07, 6.45) is 2.07. The number of carbonyl (C=O) groups is 1. The second-order valence-electron chi connectivity index (χ2n) is 5.29. The number of fused-ring (bicyclic) bond motifs is 1. The topological polar surface area (TPSA) is 43.6 Å². The van der Waals surface area contributed by atoms with Gasteiger partial charge in [0.25, 0.3) is 5.91 Å². The van der Waals surface area contributed by atoms with Gasteiger partial charge in [0.1, 0.15) is 5.75 Å². The van der Waals surface area contributed by atoms with Gasteiger partial charge in [-0.2, -0.15) is 16.8 Å². The lowest BCUT2D eigenvalue weighted by atomic mass is 10.2. The highest BCUT2D eigenvalue weighted by Gasteiger charge is 2.10. The minimum atomic E-state index is -0.262. The van der Waals surface area contributed by atoms with Gasteiger partial charge in [-0.1, -0.05) is 33.3 Å². The number of thiazole rings is 1. The molecule has 0 saturated carbocycles. The zero-order valence-electron chi connectivity index (χ0n) is 13.9. The van der Waals surface area contributed by atoms with Crippen molar-refractivity contribution >= 4 is 55.2 Å². The molecule has 7 heteroatoms. The number of methoxy groups -OCH3 is 1. The minimum Gasteiger partial charge on any atom is -0.497 e. The van der Waals surface area contributed by atoms with E-state index in [0.717, 1.165) is 31.8 Å². The fourth-order valence-electron chi connectivity index (χ4n) is 2.44. The van der Waals surface area contributed by atoms with E-state index in [-0.39, 0.29) is 5.91 Å². The molecular weight excluding hydrogens is 420 g/mol. The van der Waals surface area contributed by atoms with Crippen LogP contribution in [-0.2, 0) is 6.54 Å². The lowest BCUT2D eigenvalue weighted by Crippen LogP contribution is -2.18. The van der Waals surface area contributed by atoms with Gasteiger partial charge in [0.2, 0.25) is 0 Å². The number of halogens is 1. The van der Waals surface area contributed by atoms with Crippen LogP contribution in [0.1, 0.15) is 10.4 Å². The number of benzene rings is 2. The van der Waals surface area contributed by atoms with Gasteiger partial charge < -0.3 is 9.30 Å². The molecule has 0 saturated heterocycles. The van der Waals surface area contributed by atoms with Crippen LogP contribution in [0.15, 0.2) is 51.9 Å². The van der Waals surface area contributed by atoms with E-state index in [0.29, 0.717) is 11.3 Å². The smallest absolute Gasteiger partial charge is 0.279 e. The molecule has 0 aliphatic heterocycles. The lowest BCUT2D eigenvalue weighted by molar-refractivity contribution is 0.0997. The maximum atomic E-state index is 12.6. The Morgan fingerprint density at radius 3 is 2.92 bits per heavy atom. The van der Waals surface area contributed by atoms with Gasteiger partial charge in [-0.3, -0.25) is 4.79 Å². The summed E-state index contributed by atoms with van der Waals surface area (Å²) < 4.78 is 9.42. The van der Waals surface area contributed by atoms with Crippen LogP contribution in [-0.4, -0.2) is 29.6 Å². The van der Waals surface area contributed by atoms with E-state index < -0.39 is 0 Å². The number of nitrogens with zero attached hydrogens (tertiary/aromatic N) is 2. The van der Waals surface area contributed by atoms with Crippen molar-refractivity contribution in [3.8, 4) is 5.75 Å². The number of rotatable bonds is 5. The summed E-state index contributed by atoms with van der Waals surface area (Å²) in [5, 5.41) is 0. The van der Waals surface area contributed by atoms with Crippen LogP contribution in [0.3, 0.4) is 0 Å². The highest BCUT2D eigenvalue weighted by atomic mass is 79.9. The summed E-state index contributed by atoms with van der Waals surface area (Å²) in [4.78, 5) is 17.7. The molecule has 4 nitrogen and oxygen atoms in total. The molecule has 0 aliphatic carbocycles. The predicted molar refractivity (Wildman–Crippen MR) is 109 cm³/mol. The summed E-state index contributed by atoms with van der Waals surface area (Å²) in [6.45, 7) is 0.813. The average Bonchev–Trinajstić information content (AvgIpc) is 2.95. The van der Waals surface area contributed by atoms with Crippen LogP contribution < -0.4 is 9.54 Å². The molecule has 0 atom stereocenters. The van der Waals surface area contributed by atoms with Crippen molar-refractivity contribution in [1.82, 2.24) is 4.57 Å². The number of thioether (sulfide) groups is 1. The molecule has 3 aromatic rings. The monoisotopic (exact) mass is 436 g/mol. The minimum absolute atomic E-state index is 0.262. The van der Waals surface area contributed by atoms with Crippen LogP contribution in [0, 0.1) is 0 Å². The fraction of sp³-hybridized carbons (Fsp3) is 0.222. The molecule has 130 valence electrons. The van der Waals surface area contributed by atoms with Crippen LogP contribution >= 0.6 is 39.0 Å². The Hall–Kier alpha value is -1.57. The third kappa shape index (κ3) is 4.16. The number of amides is 1. The molecule has 0 radical (unpaired) electrons. The second kappa shape index (κ2) is 8.21. The Kier molecular flexibility index (Phi) is 5.98. The van der Waals surface area contributed by atoms with Gasteiger partial charge in [0.15, 0.2) is 4.80 Å². The first-order valence-electron chi connectivity index (χ1n) is 7.63. The van der Waals surface area contributed by atoms with Crippen LogP contribution in [0.2, 0.25) is 0 Å². The molecule has 0 aliphatic rings. The van der Waals surface area contributed by atoms with Gasteiger partial charge in [0, 0.05) is 22.3 Å². The predicted octanol–water partition coefficient (Wildman–Crippen LogP) is 4.58. The van der Waals surface area contributed by atoms with E-state index in [4.69, 9.17) is 4.74 Å². The van der Waals surface area contributed by atoms with Crippen molar-refractivity contribution < 1.29 is 9.53 Å². The van der Waals surface area contributed by atoms with Crippen LogP contribution in [0.5, 0.6) is 5.75 Å². The summed E-state index contributed by atoms with van der Waals surface area (Å²) in [7, 11) is 1.58. The normalized spacial score (nSPS) is 11.9. The maximum Gasteiger partial charge on any atom is 0.279 e. The molecule has 1 aromatic heterocycles. The summed E-state index contributed by atoms with van der Waals surface area (Å²) in [5.41, 5.74) is 1.62. The first kappa shape index (κ1) is 18.2. The van der Waals surface area contributed by atoms with Crippen LogP contribution in [0.25, 0.3) is 10.2 Å². The molecule has 1 heterocycles. The van der Waals surface area contributed by atoms with Crippen molar-refractivity contribution in [3.05, 3.63) is 57.3 Å². The summed E-state index contributed by atoms with van der Waals surface area (Å²) in [6, 6.07) is 13.2. The van der Waals surface area contributed by atoms with Crippen LogP contribution in [0.4, 0.5) is 0 Å². The molecule has 0 fully saturated rings. The maximum absolute atomic E-state index is 12.6. The van der Waals surface area contributed by atoms with E-state index in [2.05, 4.69) is 43.9 Å². The van der Waals surface area contributed by atoms with Gasteiger partial charge >= 0.3 is 0 Å². The summed E-state index contributed by atoms with van der Waals surface area (Å²) >= 11 is 6.80. The third-order valence-electron chi connectivity index (χ3n) is 3.68.